The number of nitrogens with zero attached hydrogens (tertiary/aromatic N) is 2. The molecule has 2 saturated heterocycles. The summed E-state index contributed by atoms with van der Waals surface area (Å²) in [6.45, 7) is 5.88. The van der Waals surface area contributed by atoms with Crippen LogP contribution in [0.4, 0.5) is 0 Å². The Labute approximate surface area is 136 Å². The van der Waals surface area contributed by atoms with E-state index in [4.69, 9.17) is 0 Å². The molecular weight excluding hydrogens is 320 g/mol. The first-order valence-corrected chi connectivity index (χ1v) is 10.2. The van der Waals surface area contributed by atoms with Gasteiger partial charge in [0.1, 0.15) is 0 Å². The molecule has 1 atom stereocenters. The fraction of sp³-hybridized carbons (Fsp3) is 0.667. The van der Waals surface area contributed by atoms with E-state index in [1.807, 2.05) is 24.8 Å². The molecule has 3 rings (SSSR count). The van der Waals surface area contributed by atoms with Crippen molar-refractivity contribution in [3.63, 3.8) is 0 Å². The molecule has 1 aromatic heterocycles. The van der Waals surface area contributed by atoms with Gasteiger partial charge in [0.05, 0.1) is 10.6 Å². The predicted octanol–water partition coefficient (Wildman–Crippen LogP) is 2.01. The Kier molecular flexibility index (Phi) is 4.31. The lowest BCUT2D eigenvalue weighted by atomic mass is 10.1. The molecule has 0 aromatic carbocycles. The van der Waals surface area contributed by atoms with Gasteiger partial charge in [0.2, 0.25) is 10.0 Å². The second kappa shape index (κ2) is 5.94. The Hall–Kier alpha value is -0.920. The minimum absolute atomic E-state index is 0.0440. The summed E-state index contributed by atoms with van der Waals surface area (Å²) in [6.07, 6.45) is 2.42. The normalized spacial score (nSPS) is 25.5. The van der Waals surface area contributed by atoms with Crippen molar-refractivity contribution >= 4 is 27.3 Å². The Morgan fingerprint density at radius 3 is 2.64 bits per heavy atom. The van der Waals surface area contributed by atoms with Gasteiger partial charge in [-0.2, -0.15) is 4.31 Å². The molecule has 0 aliphatic carbocycles. The molecule has 0 radical (unpaired) electrons. The fourth-order valence-electron chi connectivity index (χ4n) is 3.28. The van der Waals surface area contributed by atoms with E-state index in [0.29, 0.717) is 19.5 Å². The van der Waals surface area contributed by atoms with Crippen LogP contribution in [0.2, 0.25) is 0 Å². The van der Waals surface area contributed by atoms with Crippen molar-refractivity contribution in [3.05, 3.63) is 21.4 Å². The number of hydrogen-bond donors (Lipinski definition) is 0. The zero-order valence-electron chi connectivity index (χ0n) is 13.0. The number of sulfonamides is 1. The highest BCUT2D eigenvalue weighted by Gasteiger charge is 2.37. The third-order valence-corrected chi connectivity index (χ3v) is 7.75. The van der Waals surface area contributed by atoms with Crippen LogP contribution in [0.15, 0.2) is 6.07 Å². The van der Waals surface area contributed by atoms with E-state index in [1.54, 1.807) is 4.31 Å². The van der Waals surface area contributed by atoms with E-state index in [0.717, 1.165) is 29.8 Å². The smallest absolute Gasteiger partial charge is 0.263 e. The first kappa shape index (κ1) is 16.0. The van der Waals surface area contributed by atoms with E-state index in [2.05, 4.69) is 0 Å². The van der Waals surface area contributed by atoms with Crippen molar-refractivity contribution in [1.82, 2.24) is 9.21 Å². The van der Waals surface area contributed by atoms with Gasteiger partial charge in [0.25, 0.3) is 5.91 Å². The summed E-state index contributed by atoms with van der Waals surface area (Å²) in [5, 5.41) is 0. The third-order valence-electron chi connectivity index (χ3n) is 4.61. The lowest BCUT2D eigenvalue weighted by Crippen LogP contribution is -2.50. The molecule has 2 fully saturated rings. The molecule has 2 aliphatic heterocycles. The zero-order valence-corrected chi connectivity index (χ0v) is 14.7. The van der Waals surface area contributed by atoms with E-state index in [1.165, 1.54) is 16.2 Å². The molecule has 1 amide bonds. The first-order valence-electron chi connectivity index (χ1n) is 7.74. The van der Waals surface area contributed by atoms with Crippen molar-refractivity contribution in [3.8, 4) is 0 Å². The molecule has 0 spiro atoms. The molecule has 22 heavy (non-hydrogen) atoms. The van der Waals surface area contributed by atoms with Gasteiger partial charge in [0, 0.05) is 30.6 Å². The SMILES string of the molecule is Cc1cc(C(=O)N2CCC[C@H](N3CCCS3(=O)=O)C2)sc1C. The van der Waals surface area contributed by atoms with Crippen LogP contribution in [-0.2, 0) is 10.0 Å². The van der Waals surface area contributed by atoms with Crippen molar-refractivity contribution in [2.45, 2.75) is 39.2 Å². The van der Waals surface area contributed by atoms with Crippen LogP contribution in [0.5, 0.6) is 0 Å². The van der Waals surface area contributed by atoms with Crippen LogP contribution in [0.3, 0.4) is 0 Å². The highest BCUT2D eigenvalue weighted by atomic mass is 32.2. The van der Waals surface area contributed by atoms with Crippen LogP contribution >= 0.6 is 11.3 Å². The average molecular weight is 342 g/mol. The molecule has 2 aliphatic rings. The monoisotopic (exact) mass is 342 g/mol. The third kappa shape index (κ3) is 2.94. The molecule has 0 unspecified atom stereocenters. The Morgan fingerprint density at radius 2 is 2.05 bits per heavy atom. The minimum atomic E-state index is -3.11. The zero-order chi connectivity index (χ0) is 15.9. The lowest BCUT2D eigenvalue weighted by Gasteiger charge is -2.36. The van der Waals surface area contributed by atoms with Gasteiger partial charge in [-0.3, -0.25) is 4.79 Å². The van der Waals surface area contributed by atoms with Gasteiger partial charge in [-0.05, 0) is 44.7 Å². The van der Waals surface area contributed by atoms with Crippen LogP contribution in [0, 0.1) is 13.8 Å². The van der Waals surface area contributed by atoms with E-state index < -0.39 is 10.0 Å². The van der Waals surface area contributed by atoms with Gasteiger partial charge in [-0.1, -0.05) is 0 Å². The molecule has 1 aromatic rings. The summed E-state index contributed by atoms with van der Waals surface area (Å²) in [4.78, 5) is 16.4. The second-order valence-corrected chi connectivity index (χ2v) is 9.47. The summed E-state index contributed by atoms with van der Waals surface area (Å²) >= 11 is 1.53. The summed E-state index contributed by atoms with van der Waals surface area (Å²) in [7, 11) is -3.11. The van der Waals surface area contributed by atoms with Gasteiger partial charge in [0.15, 0.2) is 0 Å². The van der Waals surface area contributed by atoms with Crippen LogP contribution in [-0.4, -0.2) is 55.0 Å². The first-order chi connectivity index (χ1) is 10.4. The quantitative estimate of drug-likeness (QED) is 0.826. The van der Waals surface area contributed by atoms with Crippen molar-refractivity contribution in [2.75, 3.05) is 25.4 Å². The molecule has 7 heteroatoms. The number of aryl methyl sites for hydroxylation is 2. The van der Waals surface area contributed by atoms with Crippen LogP contribution in [0.1, 0.15) is 39.4 Å². The van der Waals surface area contributed by atoms with Gasteiger partial charge >= 0.3 is 0 Å². The number of thiophene rings is 1. The van der Waals surface area contributed by atoms with E-state index in [9.17, 15) is 13.2 Å². The number of carbonyl (C=O) groups excluding carboxylic acids is 1. The number of amides is 1. The van der Waals surface area contributed by atoms with Crippen molar-refractivity contribution in [2.24, 2.45) is 0 Å². The molecule has 122 valence electrons. The number of likely N-dealkylation sites (tertiary alicyclic amines) is 1. The van der Waals surface area contributed by atoms with Gasteiger partial charge in [-0.25, -0.2) is 8.42 Å². The average Bonchev–Trinajstić information content (AvgIpc) is 3.00. The molecule has 5 nitrogen and oxygen atoms in total. The summed E-state index contributed by atoms with van der Waals surface area (Å²) in [6, 6.07) is 1.89. The fourth-order valence-corrected chi connectivity index (χ4v) is 6.04. The van der Waals surface area contributed by atoms with Gasteiger partial charge in [-0.15, -0.1) is 11.3 Å². The molecule has 3 heterocycles. The predicted molar refractivity (Wildman–Crippen MR) is 87.8 cm³/mol. The van der Waals surface area contributed by atoms with Crippen molar-refractivity contribution in [1.29, 1.82) is 0 Å². The molecular formula is C15H22N2O3S2. The molecule has 0 N–H and O–H groups in total. The Balaban J connectivity index is 1.74. The van der Waals surface area contributed by atoms with Crippen molar-refractivity contribution < 1.29 is 13.2 Å². The number of carbonyl (C=O) groups is 1. The second-order valence-electron chi connectivity index (χ2n) is 6.18. The molecule has 0 bridgehead atoms. The summed E-state index contributed by atoms with van der Waals surface area (Å²) in [5.74, 6) is 0.295. The van der Waals surface area contributed by atoms with Crippen LogP contribution < -0.4 is 0 Å². The minimum Gasteiger partial charge on any atom is -0.336 e. The Morgan fingerprint density at radius 1 is 1.27 bits per heavy atom. The number of piperidine rings is 1. The topological polar surface area (TPSA) is 57.7 Å². The standard InChI is InChI=1S/C15H22N2O3S2/c1-11-9-14(21-12(11)2)15(18)16-6-3-5-13(10-16)17-7-4-8-22(17,19)20/h9,13H,3-8,10H2,1-2H3/t13-/m0/s1. The Bertz CT molecular complexity index is 661. The van der Waals surface area contributed by atoms with E-state index in [-0.39, 0.29) is 17.7 Å². The lowest BCUT2D eigenvalue weighted by molar-refractivity contribution is 0.0663. The number of hydrogen-bond acceptors (Lipinski definition) is 4. The highest BCUT2D eigenvalue weighted by Crippen LogP contribution is 2.27. The van der Waals surface area contributed by atoms with Gasteiger partial charge < -0.3 is 4.90 Å². The maximum Gasteiger partial charge on any atom is 0.263 e. The van der Waals surface area contributed by atoms with Crippen LogP contribution in [0.25, 0.3) is 0 Å². The summed E-state index contributed by atoms with van der Waals surface area (Å²) in [5.41, 5.74) is 1.14. The highest BCUT2D eigenvalue weighted by molar-refractivity contribution is 7.89. The maximum absolute atomic E-state index is 12.7. The largest absolute Gasteiger partial charge is 0.336 e. The maximum atomic E-state index is 12.7. The molecule has 0 saturated carbocycles. The van der Waals surface area contributed by atoms with E-state index >= 15 is 0 Å². The summed E-state index contributed by atoms with van der Waals surface area (Å²) < 4.78 is 25.8. The number of rotatable bonds is 2.